The van der Waals surface area contributed by atoms with Gasteiger partial charge in [0.2, 0.25) is 0 Å². The highest BCUT2D eigenvalue weighted by atomic mass is 16.4. The van der Waals surface area contributed by atoms with Gasteiger partial charge in [0.05, 0.1) is 0 Å². The van der Waals surface area contributed by atoms with Gasteiger partial charge in [0, 0.05) is 10.9 Å². The van der Waals surface area contributed by atoms with E-state index in [2.05, 4.69) is 5.32 Å². The van der Waals surface area contributed by atoms with E-state index in [0.29, 0.717) is 16.7 Å². The highest BCUT2D eigenvalue weighted by Crippen LogP contribution is 2.25. The van der Waals surface area contributed by atoms with Crippen molar-refractivity contribution >= 4 is 22.8 Å². The molecule has 0 aliphatic heterocycles. The number of carbonyl (C=O) groups is 2. The Labute approximate surface area is 132 Å². The number of amides is 1. The molecule has 116 valence electrons. The van der Waals surface area contributed by atoms with E-state index >= 15 is 0 Å². The minimum atomic E-state index is -1.13. The molecule has 0 aliphatic rings. The number of fused-ring (bicyclic) bond motifs is 1. The van der Waals surface area contributed by atoms with Crippen LogP contribution in [0, 0.1) is 6.92 Å². The molecule has 2 aromatic carbocycles. The van der Waals surface area contributed by atoms with Gasteiger partial charge in [-0.15, -0.1) is 0 Å². The highest BCUT2D eigenvalue weighted by Gasteiger charge is 2.25. The van der Waals surface area contributed by atoms with Crippen LogP contribution in [0.5, 0.6) is 0 Å². The maximum absolute atomic E-state index is 12.5. The molecule has 2 N–H and O–H groups in total. The number of hydrogen-bond acceptors (Lipinski definition) is 3. The van der Waals surface area contributed by atoms with Crippen molar-refractivity contribution in [2.45, 2.75) is 13.0 Å². The Morgan fingerprint density at radius 3 is 2.35 bits per heavy atom. The lowest BCUT2D eigenvalue weighted by Crippen LogP contribution is -2.33. The number of carboxylic acids is 1. The standard InChI is InChI=1S/C18H15NO4/c1-11-13-9-5-6-10-14(13)23-16(11)17(20)19-15(18(21)22)12-7-3-2-4-8-12/h2-10,15H,1H3,(H,19,20)(H,21,22)/t15-/m0/s1. The van der Waals surface area contributed by atoms with Gasteiger partial charge in [0.15, 0.2) is 11.8 Å². The molecular formula is C18H15NO4. The highest BCUT2D eigenvalue weighted by molar-refractivity contribution is 6.00. The van der Waals surface area contributed by atoms with Crippen molar-refractivity contribution in [3.8, 4) is 0 Å². The second-order valence-corrected chi connectivity index (χ2v) is 5.21. The zero-order chi connectivity index (χ0) is 16.4. The summed E-state index contributed by atoms with van der Waals surface area (Å²) >= 11 is 0. The number of nitrogens with one attached hydrogen (secondary N) is 1. The molecule has 3 rings (SSSR count). The van der Waals surface area contributed by atoms with E-state index in [-0.39, 0.29) is 5.76 Å². The van der Waals surface area contributed by atoms with Gasteiger partial charge < -0.3 is 14.8 Å². The van der Waals surface area contributed by atoms with Gasteiger partial charge in [-0.05, 0) is 18.6 Å². The largest absolute Gasteiger partial charge is 0.479 e. The molecule has 1 amide bonds. The summed E-state index contributed by atoms with van der Waals surface area (Å²) in [5.74, 6) is -1.54. The van der Waals surface area contributed by atoms with E-state index in [1.165, 1.54) is 0 Å². The van der Waals surface area contributed by atoms with Crippen LogP contribution in [0.25, 0.3) is 11.0 Å². The fourth-order valence-corrected chi connectivity index (χ4v) is 2.52. The van der Waals surface area contributed by atoms with Crippen LogP contribution in [0.15, 0.2) is 59.0 Å². The number of carbonyl (C=O) groups excluding carboxylic acids is 1. The molecular weight excluding hydrogens is 294 g/mol. The number of benzene rings is 2. The van der Waals surface area contributed by atoms with Crippen LogP contribution in [0.4, 0.5) is 0 Å². The van der Waals surface area contributed by atoms with Crippen molar-refractivity contribution < 1.29 is 19.1 Å². The number of hydrogen-bond donors (Lipinski definition) is 2. The second kappa shape index (κ2) is 5.96. The minimum absolute atomic E-state index is 0.133. The van der Waals surface area contributed by atoms with Gasteiger partial charge in [-0.1, -0.05) is 48.5 Å². The molecule has 0 radical (unpaired) electrons. The van der Waals surface area contributed by atoms with E-state index in [1.54, 1.807) is 43.3 Å². The quantitative estimate of drug-likeness (QED) is 0.775. The number of para-hydroxylation sites is 1. The summed E-state index contributed by atoms with van der Waals surface area (Å²) in [6.07, 6.45) is 0. The molecule has 0 aliphatic carbocycles. The van der Waals surface area contributed by atoms with Gasteiger partial charge in [0.1, 0.15) is 5.58 Å². The van der Waals surface area contributed by atoms with E-state index in [9.17, 15) is 14.7 Å². The normalized spacial score (nSPS) is 12.0. The van der Waals surface area contributed by atoms with Crippen molar-refractivity contribution in [1.29, 1.82) is 0 Å². The van der Waals surface area contributed by atoms with Gasteiger partial charge in [-0.25, -0.2) is 4.79 Å². The molecule has 0 unspecified atom stereocenters. The van der Waals surface area contributed by atoms with Crippen LogP contribution >= 0.6 is 0 Å². The zero-order valence-corrected chi connectivity index (χ0v) is 12.4. The maximum Gasteiger partial charge on any atom is 0.330 e. The summed E-state index contributed by atoms with van der Waals surface area (Å²) in [6, 6.07) is 14.7. The van der Waals surface area contributed by atoms with E-state index < -0.39 is 17.9 Å². The van der Waals surface area contributed by atoms with Crippen LogP contribution in [-0.2, 0) is 4.79 Å². The molecule has 5 nitrogen and oxygen atoms in total. The average molecular weight is 309 g/mol. The Kier molecular flexibility index (Phi) is 3.85. The fraction of sp³-hybridized carbons (Fsp3) is 0.111. The van der Waals surface area contributed by atoms with Gasteiger partial charge >= 0.3 is 5.97 Å². The van der Waals surface area contributed by atoms with Crippen molar-refractivity contribution in [3.63, 3.8) is 0 Å². The van der Waals surface area contributed by atoms with Crippen molar-refractivity contribution in [3.05, 3.63) is 71.5 Å². The first-order chi connectivity index (χ1) is 11.1. The lowest BCUT2D eigenvalue weighted by atomic mass is 10.1. The van der Waals surface area contributed by atoms with Crippen LogP contribution in [0.1, 0.15) is 27.7 Å². The molecule has 0 bridgehead atoms. The monoisotopic (exact) mass is 309 g/mol. The van der Waals surface area contributed by atoms with Crippen molar-refractivity contribution in [2.75, 3.05) is 0 Å². The first-order valence-electron chi connectivity index (χ1n) is 7.14. The second-order valence-electron chi connectivity index (χ2n) is 5.21. The predicted molar refractivity (Wildman–Crippen MR) is 85.2 cm³/mol. The zero-order valence-electron chi connectivity index (χ0n) is 12.4. The Hall–Kier alpha value is -3.08. The lowest BCUT2D eigenvalue weighted by molar-refractivity contribution is -0.139. The fourth-order valence-electron chi connectivity index (χ4n) is 2.52. The molecule has 23 heavy (non-hydrogen) atoms. The maximum atomic E-state index is 12.5. The van der Waals surface area contributed by atoms with Crippen LogP contribution in [-0.4, -0.2) is 17.0 Å². The van der Waals surface area contributed by atoms with E-state index in [4.69, 9.17) is 4.42 Å². The van der Waals surface area contributed by atoms with Crippen LogP contribution in [0.3, 0.4) is 0 Å². The third-order valence-electron chi connectivity index (χ3n) is 3.71. The Morgan fingerprint density at radius 2 is 1.70 bits per heavy atom. The number of furan rings is 1. The summed E-state index contributed by atoms with van der Waals surface area (Å²) in [5.41, 5.74) is 1.79. The Balaban J connectivity index is 1.92. The predicted octanol–water partition coefficient (Wildman–Crippen LogP) is 3.30. The third-order valence-corrected chi connectivity index (χ3v) is 3.71. The molecule has 1 aromatic heterocycles. The molecule has 0 fully saturated rings. The van der Waals surface area contributed by atoms with Gasteiger partial charge in [0.25, 0.3) is 5.91 Å². The minimum Gasteiger partial charge on any atom is -0.479 e. The topological polar surface area (TPSA) is 79.5 Å². The van der Waals surface area contributed by atoms with Crippen molar-refractivity contribution in [1.82, 2.24) is 5.32 Å². The third kappa shape index (κ3) is 2.81. The molecule has 1 atom stereocenters. The average Bonchev–Trinajstić information content (AvgIpc) is 2.90. The SMILES string of the molecule is Cc1c(C(=O)N[C@H](C(=O)O)c2ccccc2)oc2ccccc12. The van der Waals surface area contributed by atoms with Crippen LogP contribution < -0.4 is 5.32 Å². The molecule has 0 saturated carbocycles. The van der Waals surface area contributed by atoms with E-state index in [0.717, 1.165) is 5.39 Å². The van der Waals surface area contributed by atoms with Crippen molar-refractivity contribution in [2.24, 2.45) is 0 Å². The number of carboxylic acid groups (broad SMARTS) is 1. The Bertz CT molecular complexity index is 867. The summed E-state index contributed by atoms with van der Waals surface area (Å²) in [5, 5.41) is 12.7. The Morgan fingerprint density at radius 1 is 1.04 bits per heavy atom. The number of rotatable bonds is 4. The number of aliphatic carboxylic acids is 1. The lowest BCUT2D eigenvalue weighted by Gasteiger charge is -2.14. The molecule has 3 aromatic rings. The summed E-state index contributed by atoms with van der Waals surface area (Å²) < 4.78 is 5.57. The molecule has 0 spiro atoms. The first-order valence-corrected chi connectivity index (χ1v) is 7.14. The molecule has 1 heterocycles. The van der Waals surface area contributed by atoms with Gasteiger partial charge in [-0.3, -0.25) is 4.79 Å². The summed E-state index contributed by atoms with van der Waals surface area (Å²) in [4.78, 5) is 23.9. The van der Waals surface area contributed by atoms with E-state index in [1.807, 2.05) is 18.2 Å². The summed E-state index contributed by atoms with van der Waals surface area (Å²) in [7, 11) is 0. The molecule has 5 heteroatoms. The summed E-state index contributed by atoms with van der Waals surface area (Å²) in [6.45, 7) is 1.78. The molecule has 0 saturated heterocycles. The van der Waals surface area contributed by atoms with Crippen LogP contribution in [0.2, 0.25) is 0 Å². The number of aryl methyl sites for hydroxylation is 1. The first kappa shape index (κ1) is 14.8. The smallest absolute Gasteiger partial charge is 0.330 e. The van der Waals surface area contributed by atoms with Gasteiger partial charge in [-0.2, -0.15) is 0 Å².